The Morgan fingerprint density at radius 1 is 1.50 bits per heavy atom. The minimum atomic E-state index is -0.328. The van der Waals surface area contributed by atoms with Gasteiger partial charge in [-0.05, 0) is 11.5 Å². The number of hydrogen-bond donors (Lipinski definition) is 1. The molecule has 0 spiro atoms. The Labute approximate surface area is 86.4 Å². The average molecular weight is 215 g/mol. The summed E-state index contributed by atoms with van der Waals surface area (Å²) >= 11 is 1.39. The van der Waals surface area contributed by atoms with Gasteiger partial charge in [0.05, 0.1) is 0 Å². The van der Waals surface area contributed by atoms with E-state index in [1.165, 1.54) is 16.6 Å². The van der Waals surface area contributed by atoms with Crippen molar-refractivity contribution in [3.05, 3.63) is 0 Å². The van der Waals surface area contributed by atoms with Crippen molar-refractivity contribution in [3.8, 4) is 0 Å². The van der Waals surface area contributed by atoms with E-state index in [0.29, 0.717) is 11.0 Å². The van der Waals surface area contributed by atoms with Crippen molar-refractivity contribution in [1.82, 2.24) is 20.2 Å². The van der Waals surface area contributed by atoms with Crippen molar-refractivity contribution in [2.45, 2.75) is 25.9 Å². The molecule has 7 heteroatoms. The summed E-state index contributed by atoms with van der Waals surface area (Å²) < 4.78 is 0. The van der Waals surface area contributed by atoms with Gasteiger partial charge in [-0.25, -0.2) is 0 Å². The van der Waals surface area contributed by atoms with Crippen LogP contribution in [0.25, 0.3) is 0 Å². The largest absolute Gasteiger partial charge is 0.409 e. The lowest BCUT2D eigenvalue weighted by Crippen LogP contribution is -2.30. The van der Waals surface area contributed by atoms with Crippen molar-refractivity contribution in [1.29, 1.82) is 0 Å². The first-order valence-electron chi connectivity index (χ1n) is 4.06. The fourth-order valence-corrected chi connectivity index (χ4v) is 1.14. The number of tetrazole rings is 1. The molecule has 0 bridgehead atoms. The Hall–Kier alpha value is -1.11. The summed E-state index contributed by atoms with van der Waals surface area (Å²) in [6, 6.07) is 0. The lowest BCUT2D eigenvalue weighted by Gasteiger charge is -2.17. The Morgan fingerprint density at radius 2 is 2.14 bits per heavy atom. The van der Waals surface area contributed by atoms with Gasteiger partial charge in [0.25, 0.3) is 0 Å². The van der Waals surface area contributed by atoms with E-state index in [2.05, 4.69) is 20.6 Å². The number of rotatable bonds is 1. The van der Waals surface area contributed by atoms with Gasteiger partial charge in [-0.2, -0.15) is 0 Å². The van der Waals surface area contributed by atoms with Crippen LogP contribution >= 0.6 is 11.8 Å². The molecule has 1 N–H and O–H groups in total. The fourth-order valence-electron chi connectivity index (χ4n) is 0.863. The maximum atomic E-state index is 8.85. The van der Waals surface area contributed by atoms with E-state index in [1.807, 2.05) is 27.0 Å². The second-order valence-corrected chi connectivity index (χ2v) is 4.51. The first-order chi connectivity index (χ1) is 6.49. The highest BCUT2D eigenvalue weighted by atomic mass is 32.2. The minimum absolute atomic E-state index is 0.328. The normalized spacial score (nSPS) is 13.3. The maximum Gasteiger partial charge on any atom is 0.231 e. The van der Waals surface area contributed by atoms with E-state index in [1.54, 1.807) is 0 Å². The summed E-state index contributed by atoms with van der Waals surface area (Å²) in [4.78, 5) is 1.24. The Bertz CT molecular complexity index is 340. The number of nitrogens with zero attached hydrogens (tertiary/aromatic N) is 5. The molecule has 0 unspecified atom stereocenters. The predicted octanol–water partition coefficient (Wildman–Crippen LogP) is 1.08. The molecule has 0 radical (unpaired) electrons. The van der Waals surface area contributed by atoms with Crippen molar-refractivity contribution in [2.24, 2.45) is 10.6 Å². The molecule has 1 rings (SSSR count). The quantitative estimate of drug-likeness (QED) is 0.249. The van der Waals surface area contributed by atoms with Gasteiger partial charge in [-0.15, -0.1) is 15.0 Å². The molecule has 0 amide bonds. The third kappa shape index (κ3) is 2.22. The Balaban J connectivity index is 3.03. The van der Waals surface area contributed by atoms with Crippen LogP contribution in [0.1, 0.15) is 20.8 Å². The van der Waals surface area contributed by atoms with Crippen molar-refractivity contribution in [3.63, 3.8) is 0 Å². The first kappa shape index (κ1) is 11.0. The number of hydrogen-bond acceptors (Lipinski definition) is 6. The highest BCUT2D eigenvalue weighted by molar-refractivity contribution is 7.98. The highest BCUT2D eigenvalue weighted by Crippen LogP contribution is 2.16. The first-order valence-corrected chi connectivity index (χ1v) is 5.28. The molecular formula is C7H13N5OS. The third-order valence-electron chi connectivity index (χ3n) is 1.53. The van der Waals surface area contributed by atoms with Crippen molar-refractivity contribution in [2.75, 3.05) is 6.26 Å². The van der Waals surface area contributed by atoms with Gasteiger partial charge >= 0.3 is 0 Å². The third-order valence-corrected chi connectivity index (χ3v) is 2.06. The van der Waals surface area contributed by atoms with Crippen molar-refractivity contribution < 1.29 is 5.21 Å². The molecule has 0 aliphatic carbocycles. The molecule has 78 valence electrons. The van der Waals surface area contributed by atoms with E-state index < -0.39 is 0 Å². The van der Waals surface area contributed by atoms with Crippen LogP contribution in [-0.2, 0) is 0 Å². The highest BCUT2D eigenvalue weighted by Gasteiger charge is 2.24. The van der Waals surface area contributed by atoms with Crippen LogP contribution in [0.3, 0.4) is 0 Å². The zero-order chi connectivity index (χ0) is 10.8. The molecule has 0 fully saturated rings. The molecular weight excluding hydrogens is 202 g/mol. The smallest absolute Gasteiger partial charge is 0.231 e. The molecule has 0 saturated heterocycles. The van der Waals surface area contributed by atoms with Gasteiger partial charge in [0.2, 0.25) is 5.16 Å². The molecule has 0 aliphatic heterocycles. The molecule has 0 aromatic carbocycles. The summed E-state index contributed by atoms with van der Waals surface area (Å²) in [5.41, 5.74) is -0.328. The van der Waals surface area contributed by atoms with E-state index in [4.69, 9.17) is 5.21 Å². The van der Waals surface area contributed by atoms with Gasteiger partial charge < -0.3 is 5.21 Å². The predicted molar refractivity (Wildman–Crippen MR) is 53.7 cm³/mol. The van der Waals surface area contributed by atoms with Gasteiger partial charge in [0.15, 0.2) is 5.84 Å². The zero-order valence-electron chi connectivity index (χ0n) is 8.59. The monoisotopic (exact) mass is 215 g/mol. The molecule has 1 aromatic heterocycles. The van der Waals surface area contributed by atoms with Crippen LogP contribution in [0.15, 0.2) is 10.3 Å². The molecule has 1 aromatic rings. The SMILES string of the molecule is CSc1nnn(C(=NO)C(C)(C)C)n1. The van der Waals surface area contributed by atoms with Crippen LogP contribution in [0.4, 0.5) is 0 Å². The van der Waals surface area contributed by atoms with Crippen LogP contribution in [0, 0.1) is 5.41 Å². The summed E-state index contributed by atoms with van der Waals surface area (Å²) in [7, 11) is 0. The summed E-state index contributed by atoms with van der Waals surface area (Å²) in [6.07, 6.45) is 1.86. The molecule has 0 atom stereocenters. The van der Waals surface area contributed by atoms with E-state index in [0.717, 1.165) is 0 Å². The molecule has 6 nitrogen and oxygen atoms in total. The van der Waals surface area contributed by atoms with Crippen LogP contribution < -0.4 is 0 Å². The minimum Gasteiger partial charge on any atom is -0.409 e. The number of thioether (sulfide) groups is 1. The molecule has 1 heterocycles. The Morgan fingerprint density at radius 3 is 2.50 bits per heavy atom. The van der Waals surface area contributed by atoms with E-state index in [-0.39, 0.29) is 5.41 Å². The van der Waals surface area contributed by atoms with Crippen LogP contribution in [0.2, 0.25) is 0 Å². The molecule has 0 aliphatic rings. The van der Waals surface area contributed by atoms with Gasteiger partial charge in [0, 0.05) is 5.41 Å². The lowest BCUT2D eigenvalue weighted by atomic mass is 9.95. The molecule has 0 saturated carbocycles. The topological polar surface area (TPSA) is 76.2 Å². The van der Waals surface area contributed by atoms with Gasteiger partial charge in [-0.1, -0.05) is 37.7 Å². The van der Waals surface area contributed by atoms with E-state index in [9.17, 15) is 0 Å². The van der Waals surface area contributed by atoms with Gasteiger partial charge in [-0.3, -0.25) is 0 Å². The lowest BCUT2D eigenvalue weighted by molar-refractivity contribution is 0.304. The zero-order valence-corrected chi connectivity index (χ0v) is 9.41. The second kappa shape index (κ2) is 3.95. The van der Waals surface area contributed by atoms with Crippen LogP contribution in [-0.4, -0.2) is 37.5 Å². The van der Waals surface area contributed by atoms with E-state index >= 15 is 0 Å². The molecule has 14 heavy (non-hydrogen) atoms. The number of aromatic nitrogens is 4. The second-order valence-electron chi connectivity index (χ2n) is 3.74. The fraction of sp³-hybridized carbons (Fsp3) is 0.714. The summed E-state index contributed by atoms with van der Waals surface area (Å²) in [5, 5.41) is 24.2. The van der Waals surface area contributed by atoms with Crippen LogP contribution in [0.5, 0.6) is 0 Å². The Kier molecular flexibility index (Phi) is 3.10. The standard InChI is InChI=1S/C7H13N5OS/c1-7(2,3)5(10-13)12-9-6(14-4)8-11-12/h13H,1-4H3. The average Bonchev–Trinajstić information content (AvgIpc) is 2.51. The summed E-state index contributed by atoms with van der Waals surface area (Å²) in [6.45, 7) is 5.72. The van der Waals surface area contributed by atoms with Crippen molar-refractivity contribution >= 4 is 17.6 Å². The maximum absolute atomic E-state index is 8.85. The number of oxime groups is 1. The van der Waals surface area contributed by atoms with Gasteiger partial charge in [0.1, 0.15) is 0 Å². The summed E-state index contributed by atoms with van der Waals surface area (Å²) in [5.74, 6) is 0.366.